The summed E-state index contributed by atoms with van der Waals surface area (Å²) in [6, 6.07) is 21.3. The van der Waals surface area contributed by atoms with Gasteiger partial charge in [0.2, 0.25) is 10.0 Å². The lowest BCUT2D eigenvalue weighted by molar-refractivity contribution is 0.0951. The zero-order valence-corrected chi connectivity index (χ0v) is 17.5. The number of sulfonamides is 1. The molecule has 0 aliphatic carbocycles. The summed E-state index contributed by atoms with van der Waals surface area (Å²) in [5, 5.41) is 2.90. The summed E-state index contributed by atoms with van der Waals surface area (Å²) in [5.74, 6) is -0.262. The van der Waals surface area contributed by atoms with Crippen molar-refractivity contribution in [1.82, 2.24) is 5.32 Å². The van der Waals surface area contributed by atoms with Gasteiger partial charge in [-0.25, -0.2) is 8.42 Å². The van der Waals surface area contributed by atoms with Crippen LogP contribution in [0.25, 0.3) is 11.1 Å². The molecule has 0 aromatic heterocycles. The third-order valence-electron chi connectivity index (χ3n) is 4.53. The standard InChI is InChI=1S/C23H24N2O3S/c1-16-6-4-8-19(12-16)20-9-5-7-18(13-20)15-24-23(26)21-11-10-17(2)22(14-21)25-29(3,27)28/h4-14,25H,15H2,1-3H3,(H,24,26). The number of anilines is 1. The molecule has 3 aromatic rings. The van der Waals surface area contributed by atoms with E-state index in [1.54, 1.807) is 25.1 Å². The monoisotopic (exact) mass is 408 g/mol. The van der Waals surface area contributed by atoms with Crippen LogP contribution in [0.5, 0.6) is 0 Å². The molecule has 6 heteroatoms. The molecule has 0 radical (unpaired) electrons. The number of benzene rings is 3. The van der Waals surface area contributed by atoms with Crippen molar-refractivity contribution >= 4 is 21.6 Å². The molecular weight excluding hydrogens is 384 g/mol. The molecule has 2 N–H and O–H groups in total. The number of amides is 1. The Bertz CT molecular complexity index is 1150. The molecule has 0 saturated heterocycles. The molecule has 150 valence electrons. The quantitative estimate of drug-likeness (QED) is 0.639. The van der Waals surface area contributed by atoms with Crippen LogP contribution in [0.15, 0.2) is 66.7 Å². The van der Waals surface area contributed by atoms with E-state index in [1.165, 1.54) is 5.56 Å². The van der Waals surface area contributed by atoms with Crippen molar-refractivity contribution in [2.75, 3.05) is 11.0 Å². The number of hydrogen-bond acceptors (Lipinski definition) is 3. The maximum atomic E-state index is 12.6. The van der Waals surface area contributed by atoms with E-state index in [4.69, 9.17) is 0 Å². The third-order valence-corrected chi connectivity index (χ3v) is 5.12. The SMILES string of the molecule is Cc1cccc(-c2cccc(CNC(=O)c3ccc(C)c(NS(C)(=O)=O)c3)c2)c1. The number of carbonyl (C=O) groups excluding carboxylic acids is 1. The lowest BCUT2D eigenvalue weighted by Gasteiger charge is -2.11. The Hall–Kier alpha value is -3.12. The van der Waals surface area contributed by atoms with Crippen LogP contribution in [-0.2, 0) is 16.6 Å². The van der Waals surface area contributed by atoms with Crippen molar-refractivity contribution in [3.63, 3.8) is 0 Å². The average molecular weight is 409 g/mol. The van der Waals surface area contributed by atoms with Gasteiger partial charge in [-0.15, -0.1) is 0 Å². The number of hydrogen-bond donors (Lipinski definition) is 2. The Labute approximate surface area is 171 Å². The van der Waals surface area contributed by atoms with Gasteiger partial charge in [-0.3, -0.25) is 9.52 Å². The topological polar surface area (TPSA) is 75.3 Å². The van der Waals surface area contributed by atoms with Crippen LogP contribution in [0.2, 0.25) is 0 Å². The lowest BCUT2D eigenvalue weighted by atomic mass is 10.0. The van der Waals surface area contributed by atoms with E-state index in [2.05, 4.69) is 41.2 Å². The van der Waals surface area contributed by atoms with Gasteiger partial charge in [0, 0.05) is 12.1 Å². The molecule has 5 nitrogen and oxygen atoms in total. The first-order chi connectivity index (χ1) is 13.7. The van der Waals surface area contributed by atoms with Crippen molar-refractivity contribution in [1.29, 1.82) is 0 Å². The van der Waals surface area contributed by atoms with Crippen molar-refractivity contribution < 1.29 is 13.2 Å². The first-order valence-electron chi connectivity index (χ1n) is 9.24. The normalized spacial score (nSPS) is 11.1. The Morgan fingerprint density at radius 2 is 1.59 bits per heavy atom. The fourth-order valence-corrected chi connectivity index (χ4v) is 3.66. The minimum absolute atomic E-state index is 0.262. The minimum atomic E-state index is -3.41. The average Bonchev–Trinajstić information content (AvgIpc) is 2.67. The van der Waals surface area contributed by atoms with E-state index in [1.807, 2.05) is 24.3 Å². The smallest absolute Gasteiger partial charge is 0.251 e. The van der Waals surface area contributed by atoms with Gasteiger partial charge in [0.25, 0.3) is 5.91 Å². The number of nitrogens with one attached hydrogen (secondary N) is 2. The van der Waals surface area contributed by atoms with Crippen LogP contribution in [0.4, 0.5) is 5.69 Å². The first kappa shape index (κ1) is 20.6. The van der Waals surface area contributed by atoms with E-state index in [0.29, 0.717) is 17.8 Å². The maximum absolute atomic E-state index is 12.6. The van der Waals surface area contributed by atoms with Crippen LogP contribution in [0.1, 0.15) is 27.0 Å². The van der Waals surface area contributed by atoms with Gasteiger partial charge in [0.1, 0.15) is 0 Å². The summed E-state index contributed by atoms with van der Waals surface area (Å²) >= 11 is 0. The summed E-state index contributed by atoms with van der Waals surface area (Å²) < 4.78 is 25.4. The number of rotatable bonds is 6. The van der Waals surface area contributed by atoms with Crippen LogP contribution in [0, 0.1) is 13.8 Å². The molecule has 0 unspecified atom stereocenters. The number of carbonyl (C=O) groups is 1. The molecule has 3 aromatic carbocycles. The summed E-state index contributed by atoms with van der Waals surface area (Å²) in [5.41, 5.74) is 5.96. The molecule has 0 aliphatic heterocycles. The number of aryl methyl sites for hydroxylation is 2. The Balaban J connectivity index is 1.73. The molecular formula is C23H24N2O3S. The van der Waals surface area contributed by atoms with Crippen molar-refractivity contribution in [3.8, 4) is 11.1 Å². The van der Waals surface area contributed by atoms with E-state index >= 15 is 0 Å². The predicted molar refractivity (Wildman–Crippen MR) is 117 cm³/mol. The van der Waals surface area contributed by atoms with E-state index in [-0.39, 0.29) is 5.91 Å². The second-order valence-corrected chi connectivity index (χ2v) is 8.90. The summed E-state index contributed by atoms with van der Waals surface area (Å²) in [4.78, 5) is 12.6. The highest BCUT2D eigenvalue weighted by Crippen LogP contribution is 2.22. The molecule has 29 heavy (non-hydrogen) atoms. The Morgan fingerprint density at radius 1 is 0.897 bits per heavy atom. The zero-order chi connectivity index (χ0) is 21.0. The van der Waals surface area contributed by atoms with Gasteiger partial charge in [0.05, 0.1) is 11.9 Å². The fourth-order valence-electron chi connectivity index (χ4n) is 3.04. The Morgan fingerprint density at radius 3 is 2.28 bits per heavy atom. The second-order valence-electron chi connectivity index (χ2n) is 7.16. The minimum Gasteiger partial charge on any atom is -0.348 e. The van der Waals surface area contributed by atoms with Gasteiger partial charge in [-0.1, -0.05) is 54.1 Å². The molecule has 0 bridgehead atoms. The predicted octanol–water partition coefficient (Wildman–Crippen LogP) is 4.27. The molecule has 0 spiro atoms. The van der Waals surface area contributed by atoms with E-state index < -0.39 is 10.0 Å². The molecule has 0 heterocycles. The van der Waals surface area contributed by atoms with Crippen LogP contribution in [0.3, 0.4) is 0 Å². The molecule has 0 aliphatic rings. The highest BCUT2D eigenvalue weighted by atomic mass is 32.2. The van der Waals surface area contributed by atoms with E-state index in [9.17, 15) is 13.2 Å². The molecule has 0 atom stereocenters. The van der Waals surface area contributed by atoms with Gasteiger partial charge < -0.3 is 5.32 Å². The fraction of sp³-hybridized carbons (Fsp3) is 0.174. The van der Waals surface area contributed by atoms with Crippen molar-refractivity contribution in [3.05, 3.63) is 89.0 Å². The summed E-state index contributed by atoms with van der Waals surface area (Å²) in [6.07, 6.45) is 1.08. The van der Waals surface area contributed by atoms with Gasteiger partial charge in [0.15, 0.2) is 0 Å². The van der Waals surface area contributed by atoms with Gasteiger partial charge in [-0.05, 0) is 54.3 Å². The molecule has 0 fully saturated rings. The summed E-state index contributed by atoms with van der Waals surface area (Å²) in [6.45, 7) is 4.22. The van der Waals surface area contributed by atoms with Gasteiger partial charge in [-0.2, -0.15) is 0 Å². The Kier molecular flexibility index (Phi) is 6.03. The van der Waals surface area contributed by atoms with Crippen molar-refractivity contribution in [2.24, 2.45) is 0 Å². The highest BCUT2D eigenvalue weighted by Gasteiger charge is 2.11. The van der Waals surface area contributed by atoms with E-state index in [0.717, 1.165) is 28.5 Å². The second kappa shape index (κ2) is 8.49. The third kappa shape index (κ3) is 5.68. The van der Waals surface area contributed by atoms with Crippen molar-refractivity contribution in [2.45, 2.75) is 20.4 Å². The zero-order valence-electron chi connectivity index (χ0n) is 16.7. The largest absolute Gasteiger partial charge is 0.348 e. The molecule has 1 amide bonds. The molecule has 0 saturated carbocycles. The van der Waals surface area contributed by atoms with Crippen LogP contribution in [-0.4, -0.2) is 20.6 Å². The molecule has 3 rings (SSSR count). The van der Waals surface area contributed by atoms with Crippen LogP contribution < -0.4 is 10.0 Å². The first-order valence-corrected chi connectivity index (χ1v) is 11.1. The highest BCUT2D eigenvalue weighted by molar-refractivity contribution is 7.92. The van der Waals surface area contributed by atoms with Crippen LogP contribution >= 0.6 is 0 Å². The van der Waals surface area contributed by atoms with Gasteiger partial charge >= 0.3 is 0 Å². The maximum Gasteiger partial charge on any atom is 0.251 e. The lowest BCUT2D eigenvalue weighted by Crippen LogP contribution is -2.23. The summed E-state index contributed by atoms with van der Waals surface area (Å²) in [7, 11) is -3.41.